The average molecular weight is 327 g/mol. The zero-order chi connectivity index (χ0) is 14.4. The van der Waals surface area contributed by atoms with Gasteiger partial charge in [-0.15, -0.1) is 34.0 Å². The van der Waals surface area contributed by atoms with Gasteiger partial charge < -0.3 is 0 Å². The highest BCUT2D eigenvalue weighted by atomic mass is 32.1. The molecule has 3 aromatic heterocycles. The van der Waals surface area contributed by atoms with Crippen LogP contribution >= 0.6 is 34.0 Å². The first-order valence-electron chi connectivity index (χ1n) is 6.87. The van der Waals surface area contributed by atoms with E-state index >= 15 is 0 Å². The first-order valence-corrected chi connectivity index (χ1v) is 9.32. The summed E-state index contributed by atoms with van der Waals surface area (Å²) in [5, 5.41) is 1.38. The highest BCUT2D eigenvalue weighted by molar-refractivity contribution is 7.27. The fourth-order valence-electron chi connectivity index (χ4n) is 2.59. The van der Waals surface area contributed by atoms with Crippen molar-refractivity contribution in [2.75, 3.05) is 0 Å². The molecule has 0 bridgehead atoms. The molecule has 0 saturated heterocycles. The minimum Gasteiger partial charge on any atom is -0.141 e. The second-order valence-corrected chi connectivity index (χ2v) is 8.75. The van der Waals surface area contributed by atoms with Crippen molar-refractivity contribution < 1.29 is 0 Å². The third kappa shape index (κ3) is 2.26. The first kappa shape index (κ1) is 13.3. The minimum absolute atomic E-state index is 1.37. The molecular formula is C18H14S3. The van der Waals surface area contributed by atoms with Crippen molar-refractivity contribution in [1.82, 2.24) is 0 Å². The molecule has 0 N–H and O–H groups in total. The van der Waals surface area contributed by atoms with Crippen molar-refractivity contribution in [2.45, 2.75) is 13.8 Å². The Kier molecular flexibility index (Phi) is 3.21. The number of aryl methyl sites for hydroxylation is 2. The normalized spacial score (nSPS) is 11.3. The molecule has 0 fully saturated rings. The van der Waals surface area contributed by atoms with Crippen LogP contribution in [0.4, 0.5) is 0 Å². The maximum Gasteiger partial charge on any atom is 0.0541 e. The van der Waals surface area contributed by atoms with E-state index in [0.29, 0.717) is 0 Å². The number of hydrogen-bond donors (Lipinski definition) is 0. The summed E-state index contributed by atoms with van der Waals surface area (Å²) in [4.78, 5) is 6.92. The summed E-state index contributed by atoms with van der Waals surface area (Å²) >= 11 is 5.69. The third-order valence-corrected chi connectivity index (χ3v) is 6.92. The number of benzene rings is 1. The van der Waals surface area contributed by atoms with E-state index in [2.05, 4.69) is 62.4 Å². The van der Waals surface area contributed by atoms with Crippen molar-refractivity contribution in [3.63, 3.8) is 0 Å². The quantitative estimate of drug-likeness (QED) is 0.373. The molecule has 0 atom stereocenters. The van der Waals surface area contributed by atoms with Crippen molar-refractivity contribution >= 4 is 44.1 Å². The summed E-state index contributed by atoms with van der Waals surface area (Å²) in [5.74, 6) is 0. The Morgan fingerprint density at radius 2 is 1.33 bits per heavy atom. The maximum atomic E-state index is 2.26. The molecule has 0 nitrogen and oxygen atoms in total. The molecule has 0 aliphatic rings. The van der Waals surface area contributed by atoms with Gasteiger partial charge in [0.1, 0.15) is 0 Å². The Bertz CT molecular complexity index is 921. The van der Waals surface area contributed by atoms with Gasteiger partial charge in [0.2, 0.25) is 0 Å². The summed E-state index contributed by atoms with van der Waals surface area (Å²) in [5.41, 5.74) is 1.41. The highest BCUT2D eigenvalue weighted by Gasteiger charge is 2.17. The average Bonchev–Trinajstić information content (AvgIpc) is 3.16. The van der Waals surface area contributed by atoms with Gasteiger partial charge in [0.05, 0.1) is 4.88 Å². The molecule has 1 aromatic carbocycles. The van der Waals surface area contributed by atoms with Gasteiger partial charge in [0.15, 0.2) is 0 Å². The number of hydrogen-bond acceptors (Lipinski definition) is 3. The lowest BCUT2D eigenvalue weighted by atomic mass is 10.1. The van der Waals surface area contributed by atoms with Gasteiger partial charge in [-0.3, -0.25) is 0 Å². The van der Waals surface area contributed by atoms with Crippen LogP contribution in [-0.4, -0.2) is 0 Å². The summed E-state index contributed by atoms with van der Waals surface area (Å²) in [6.45, 7) is 4.36. The minimum atomic E-state index is 1.37. The molecule has 4 rings (SSSR count). The Balaban J connectivity index is 2.06. The summed E-state index contributed by atoms with van der Waals surface area (Å²) in [6, 6.07) is 17.7. The predicted octanol–water partition coefficient (Wildman–Crippen LogP) is 6.98. The Morgan fingerprint density at radius 3 is 2.00 bits per heavy atom. The van der Waals surface area contributed by atoms with Crippen LogP contribution in [0.5, 0.6) is 0 Å². The Hall–Kier alpha value is -1.42. The molecule has 0 spiro atoms. The second-order valence-electron chi connectivity index (χ2n) is 5.12. The fourth-order valence-corrected chi connectivity index (χ4v) is 5.79. The molecule has 0 aliphatic heterocycles. The fraction of sp³-hybridized carbons (Fsp3) is 0.111. The van der Waals surface area contributed by atoms with Crippen LogP contribution < -0.4 is 0 Å². The third-order valence-electron chi connectivity index (χ3n) is 3.55. The van der Waals surface area contributed by atoms with E-state index in [-0.39, 0.29) is 0 Å². The molecule has 3 heteroatoms. The van der Waals surface area contributed by atoms with Crippen LogP contribution in [0.1, 0.15) is 9.75 Å². The number of thiophene rings is 3. The molecule has 0 radical (unpaired) electrons. The van der Waals surface area contributed by atoms with Gasteiger partial charge >= 0.3 is 0 Å². The lowest BCUT2D eigenvalue weighted by Gasteiger charge is -2.00. The monoisotopic (exact) mass is 326 g/mol. The summed E-state index contributed by atoms with van der Waals surface area (Å²) in [6.07, 6.45) is 0. The Morgan fingerprint density at radius 1 is 0.667 bits per heavy atom. The second kappa shape index (κ2) is 5.09. The molecule has 104 valence electrons. The van der Waals surface area contributed by atoms with Crippen molar-refractivity contribution in [3.05, 3.63) is 58.3 Å². The topological polar surface area (TPSA) is 0 Å². The first-order chi connectivity index (χ1) is 10.2. The van der Waals surface area contributed by atoms with E-state index in [1.54, 1.807) is 0 Å². The van der Waals surface area contributed by atoms with Gasteiger partial charge in [-0.2, -0.15) is 0 Å². The van der Waals surface area contributed by atoms with Gasteiger partial charge in [-0.25, -0.2) is 0 Å². The van der Waals surface area contributed by atoms with E-state index in [1.807, 2.05) is 34.0 Å². The SMILES string of the molecule is Cc1ccc(-c2sc3ccccc3c2-c2ccc(C)s2)s1. The van der Waals surface area contributed by atoms with Crippen LogP contribution in [0.15, 0.2) is 48.5 Å². The predicted molar refractivity (Wildman–Crippen MR) is 97.9 cm³/mol. The molecule has 0 saturated carbocycles. The molecular weight excluding hydrogens is 312 g/mol. The van der Waals surface area contributed by atoms with E-state index in [4.69, 9.17) is 0 Å². The van der Waals surface area contributed by atoms with Gasteiger partial charge in [0.25, 0.3) is 0 Å². The van der Waals surface area contributed by atoms with Crippen molar-refractivity contribution in [2.24, 2.45) is 0 Å². The van der Waals surface area contributed by atoms with Crippen LogP contribution in [0, 0.1) is 13.8 Å². The lowest BCUT2D eigenvalue weighted by Crippen LogP contribution is -1.73. The standard InChI is InChI=1S/C18H14S3/c1-11-7-9-15(19-11)17-13-5-3-4-6-14(13)21-18(17)16-10-8-12(2)20-16/h3-10H,1-2H3. The molecule has 3 heterocycles. The van der Waals surface area contributed by atoms with Crippen LogP contribution in [0.3, 0.4) is 0 Å². The van der Waals surface area contributed by atoms with Gasteiger partial charge in [-0.1, -0.05) is 18.2 Å². The molecule has 0 amide bonds. The van der Waals surface area contributed by atoms with Crippen LogP contribution in [0.2, 0.25) is 0 Å². The van der Waals surface area contributed by atoms with E-state index in [1.165, 1.54) is 40.0 Å². The van der Waals surface area contributed by atoms with Gasteiger partial charge in [0, 0.05) is 35.2 Å². The summed E-state index contributed by atoms with van der Waals surface area (Å²) in [7, 11) is 0. The Labute approximate surface area is 136 Å². The lowest BCUT2D eigenvalue weighted by molar-refractivity contribution is 1.64. The molecule has 0 aliphatic carbocycles. The maximum absolute atomic E-state index is 2.26. The smallest absolute Gasteiger partial charge is 0.0541 e. The van der Waals surface area contributed by atoms with Gasteiger partial charge in [-0.05, 0) is 44.2 Å². The largest absolute Gasteiger partial charge is 0.141 e. The molecule has 0 unspecified atom stereocenters. The van der Waals surface area contributed by atoms with Crippen LogP contribution in [0.25, 0.3) is 30.3 Å². The van der Waals surface area contributed by atoms with E-state index < -0.39 is 0 Å². The zero-order valence-corrected chi connectivity index (χ0v) is 14.3. The number of rotatable bonds is 2. The van der Waals surface area contributed by atoms with E-state index in [0.717, 1.165) is 0 Å². The zero-order valence-electron chi connectivity index (χ0n) is 11.8. The summed E-state index contributed by atoms with van der Waals surface area (Å²) < 4.78 is 1.37. The number of fused-ring (bicyclic) bond motifs is 1. The molecule has 21 heavy (non-hydrogen) atoms. The van der Waals surface area contributed by atoms with Crippen molar-refractivity contribution in [3.8, 4) is 20.2 Å². The molecule has 4 aromatic rings. The highest BCUT2D eigenvalue weighted by Crippen LogP contribution is 2.48. The van der Waals surface area contributed by atoms with E-state index in [9.17, 15) is 0 Å². The van der Waals surface area contributed by atoms with Crippen molar-refractivity contribution in [1.29, 1.82) is 0 Å². The van der Waals surface area contributed by atoms with Crippen LogP contribution in [-0.2, 0) is 0 Å².